The normalized spacial score (nSPS) is 15.4. The van der Waals surface area contributed by atoms with E-state index in [4.69, 9.17) is 0 Å². The van der Waals surface area contributed by atoms with Gasteiger partial charge in [-0.25, -0.2) is 19.6 Å². The van der Waals surface area contributed by atoms with Crippen molar-refractivity contribution in [1.82, 2.24) is 24.7 Å². The summed E-state index contributed by atoms with van der Waals surface area (Å²) in [6, 6.07) is 2.70. The molecule has 8 nitrogen and oxygen atoms in total. The number of carbonyl (C=O) groups is 1. The molecular formula is C20H17F6N7O. The first-order chi connectivity index (χ1) is 16.0. The fourth-order valence-corrected chi connectivity index (χ4v) is 3.60. The molecule has 0 radical (unpaired) electrons. The van der Waals surface area contributed by atoms with Gasteiger partial charge in [-0.2, -0.15) is 31.4 Å². The van der Waals surface area contributed by atoms with E-state index in [9.17, 15) is 31.1 Å². The SMILES string of the molecule is O=C(Nc1cc(C(F)(F)F)cc(C(F)(F)F)c1)C1CCN(c2cc(-n3cncn3)ncn2)CC1. The molecule has 0 unspecified atom stereocenters. The Labute approximate surface area is 188 Å². The summed E-state index contributed by atoms with van der Waals surface area (Å²) >= 11 is 0. The molecule has 1 amide bonds. The Bertz CT molecular complexity index is 1120. The molecule has 2 aromatic heterocycles. The molecule has 180 valence electrons. The van der Waals surface area contributed by atoms with Gasteiger partial charge < -0.3 is 10.2 Å². The Morgan fingerprint density at radius 2 is 1.50 bits per heavy atom. The number of amides is 1. The summed E-state index contributed by atoms with van der Waals surface area (Å²) < 4.78 is 79.7. The number of carbonyl (C=O) groups excluding carboxylic acids is 1. The van der Waals surface area contributed by atoms with Crippen LogP contribution in [0.5, 0.6) is 0 Å². The van der Waals surface area contributed by atoms with Gasteiger partial charge in [0.1, 0.15) is 24.8 Å². The topological polar surface area (TPSA) is 88.8 Å². The van der Waals surface area contributed by atoms with E-state index < -0.39 is 41.0 Å². The highest BCUT2D eigenvalue weighted by Crippen LogP contribution is 2.37. The van der Waals surface area contributed by atoms with Crippen LogP contribution in [0.2, 0.25) is 0 Å². The largest absolute Gasteiger partial charge is 0.416 e. The maximum atomic E-state index is 13.0. The smallest absolute Gasteiger partial charge is 0.356 e. The third-order valence-electron chi connectivity index (χ3n) is 5.34. The molecule has 0 aliphatic carbocycles. The lowest BCUT2D eigenvalue weighted by molar-refractivity contribution is -0.143. The number of hydrogen-bond acceptors (Lipinski definition) is 6. The predicted molar refractivity (Wildman–Crippen MR) is 107 cm³/mol. The highest BCUT2D eigenvalue weighted by molar-refractivity contribution is 5.93. The zero-order valence-electron chi connectivity index (χ0n) is 17.3. The minimum Gasteiger partial charge on any atom is -0.356 e. The molecule has 14 heteroatoms. The Balaban J connectivity index is 1.43. The highest BCUT2D eigenvalue weighted by Gasteiger charge is 2.37. The second-order valence-electron chi connectivity index (χ2n) is 7.62. The van der Waals surface area contributed by atoms with Crippen molar-refractivity contribution in [3.05, 3.63) is 54.4 Å². The zero-order chi connectivity index (χ0) is 24.5. The van der Waals surface area contributed by atoms with Gasteiger partial charge in [0.2, 0.25) is 5.91 Å². The van der Waals surface area contributed by atoms with Crippen LogP contribution in [0.25, 0.3) is 5.82 Å². The molecule has 1 aliphatic rings. The number of alkyl halides is 6. The number of rotatable bonds is 4. The summed E-state index contributed by atoms with van der Waals surface area (Å²) in [7, 11) is 0. The lowest BCUT2D eigenvalue weighted by Gasteiger charge is -2.32. The Hall–Kier alpha value is -3.71. The molecular weight excluding hydrogens is 468 g/mol. The Morgan fingerprint density at radius 1 is 0.882 bits per heavy atom. The van der Waals surface area contributed by atoms with Gasteiger partial charge >= 0.3 is 12.4 Å². The molecule has 1 aliphatic heterocycles. The molecule has 1 aromatic carbocycles. The predicted octanol–water partition coefficient (Wildman–Crippen LogP) is 3.95. The maximum absolute atomic E-state index is 13.0. The van der Waals surface area contributed by atoms with Crippen LogP contribution in [0.4, 0.5) is 37.8 Å². The molecule has 4 rings (SSSR count). The summed E-state index contributed by atoms with van der Waals surface area (Å²) in [6.07, 6.45) is -5.13. The molecule has 1 saturated heterocycles. The van der Waals surface area contributed by atoms with E-state index in [-0.39, 0.29) is 6.07 Å². The molecule has 3 aromatic rings. The van der Waals surface area contributed by atoms with E-state index in [0.717, 1.165) is 0 Å². The summed E-state index contributed by atoms with van der Waals surface area (Å²) in [5.74, 6) is -0.144. The lowest BCUT2D eigenvalue weighted by Crippen LogP contribution is -2.38. The third kappa shape index (κ3) is 5.26. The van der Waals surface area contributed by atoms with Crippen LogP contribution in [-0.4, -0.2) is 43.7 Å². The molecule has 1 N–H and O–H groups in total. The Kier molecular flexibility index (Phi) is 6.15. The first-order valence-corrected chi connectivity index (χ1v) is 10.0. The van der Waals surface area contributed by atoms with E-state index in [2.05, 4.69) is 25.4 Å². The molecule has 34 heavy (non-hydrogen) atoms. The van der Waals surface area contributed by atoms with Crippen LogP contribution in [-0.2, 0) is 17.1 Å². The van der Waals surface area contributed by atoms with Crippen molar-refractivity contribution >= 4 is 17.4 Å². The van der Waals surface area contributed by atoms with E-state index >= 15 is 0 Å². The number of halogens is 6. The number of piperidine rings is 1. The number of anilines is 2. The number of nitrogens with one attached hydrogen (secondary N) is 1. The van der Waals surface area contributed by atoms with Gasteiger partial charge in [0, 0.05) is 30.8 Å². The summed E-state index contributed by atoms with van der Waals surface area (Å²) in [5, 5.41) is 6.21. The lowest BCUT2D eigenvalue weighted by atomic mass is 9.95. The first kappa shape index (κ1) is 23.4. The van der Waals surface area contributed by atoms with Crippen LogP contribution in [0.15, 0.2) is 43.2 Å². The van der Waals surface area contributed by atoms with Crippen LogP contribution in [0.1, 0.15) is 24.0 Å². The van der Waals surface area contributed by atoms with Crippen LogP contribution in [0, 0.1) is 5.92 Å². The molecule has 0 saturated carbocycles. The van der Waals surface area contributed by atoms with Gasteiger partial charge in [-0.05, 0) is 31.0 Å². The average molecular weight is 485 g/mol. The van der Waals surface area contributed by atoms with Crippen LogP contribution >= 0.6 is 0 Å². The second kappa shape index (κ2) is 8.91. The van der Waals surface area contributed by atoms with Crippen LogP contribution in [0.3, 0.4) is 0 Å². The van der Waals surface area contributed by atoms with E-state index in [1.165, 1.54) is 23.7 Å². The monoisotopic (exact) mass is 485 g/mol. The summed E-state index contributed by atoms with van der Waals surface area (Å²) in [6.45, 7) is 0.810. The van der Waals surface area contributed by atoms with Crippen molar-refractivity contribution in [3.63, 3.8) is 0 Å². The Morgan fingerprint density at radius 3 is 2.06 bits per heavy atom. The molecule has 0 spiro atoms. The van der Waals surface area contributed by atoms with Gasteiger partial charge in [-0.15, -0.1) is 0 Å². The van der Waals surface area contributed by atoms with Gasteiger partial charge in [0.25, 0.3) is 0 Å². The number of nitrogens with zero attached hydrogens (tertiary/aromatic N) is 6. The van der Waals surface area contributed by atoms with Crippen molar-refractivity contribution < 1.29 is 31.1 Å². The fourth-order valence-electron chi connectivity index (χ4n) is 3.60. The van der Waals surface area contributed by atoms with E-state index in [0.29, 0.717) is 49.7 Å². The highest BCUT2D eigenvalue weighted by atomic mass is 19.4. The minimum atomic E-state index is -4.99. The zero-order valence-corrected chi connectivity index (χ0v) is 17.3. The van der Waals surface area contributed by atoms with Crippen molar-refractivity contribution in [2.75, 3.05) is 23.3 Å². The minimum absolute atomic E-state index is 0.0173. The second-order valence-corrected chi connectivity index (χ2v) is 7.62. The van der Waals surface area contributed by atoms with Crippen molar-refractivity contribution in [1.29, 1.82) is 0 Å². The molecule has 3 heterocycles. The van der Waals surface area contributed by atoms with Crippen LogP contribution < -0.4 is 10.2 Å². The van der Waals surface area contributed by atoms with Gasteiger partial charge in [0.15, 0.2) is 5.82 Å². The van der Waals surface area contributed by atoms with Crippen molar-refractivity contribution in [2.24, 2.45) is 5.92 Å². The van der Waals surface area contributed by atoms with Crippen molar-refractivity contribution in [3.8, 4) is 5.82 Å². The maximum Gasteiger partial charge on any atom is 0.416 e. The molecule has 1 fully saturated rings. The third-order valence-corrected chi connectivity index (χ3v) is 5.34. The number of hydrogen-bond donors (Lipinski definition) is 1. The number of aromatic nitrogens is 5. The fraction of sp³-hybridized carbons (Fsp3) is 0.350. The van der Waals surface area contributed by atoms with Crippen molar-refractivity contribution in [2.45, 2.75) is 25.2 Å². The summed E-state index contributed by atoms with van der Waals surface area (Å²) in [5.41, 5.74) is -3.53. The summed E-state index contributed by atoms with van der Waals surface area (Å²) in [4.78, 5) is 26.7. The molecule has 0 atom stereocenters. The molecule has 0 bridgehead atoms. The number of benzene rings is 1. The first-order valence-electron chi connectivity index (χ1n) is 10.0. The van der Waals surface area contributed by atoms with Gasteiger partial charge in [0.05, 0.1) is 11.1 Å². The van der Waals surface area contributed by atoms with Gasteiger partial charge in [-0.3, -0.25) is 4.79 Å². The van der Waals surface area contributed by atoms with E-state index in [1.54, 1.807) is 6.07 Å². The average Bonchev–Trinajstić information content (AvgIpc) is 3.33. The quantitative estimate of drug-likeness (QED) is 0.563. The van der Waals surface area contributed by atoms with Gasteiger partial charge in [-0.1, -0.05) is 0 Å². The standard InChI is InChI=1S/C20H17F6N7O/c21-19(22,23)13-5-14(20(24,25)26)7-15(6-13)31-18(34)12-1-3-32(4-2-12)16-8-17(29-10-28-16)33-11-27-9-30-33/h5-12H,1-4H2,(H,31,34). The van der Waals surface area contributed by atoms with E-state index in [1.807, 2.05) is 4.90 Å².